The minimum Gasteiger partial charge on any atom is -0.395 e. The first-order chi connectivity index (χ1) is 17.8. The van der Waals surface area contributed by atoms with Crippen LogP contribution in [0.5, 0.6) is 0 Å². The van der Waals surface area contributed by atoms with E-state index in [2.05, 4.69) is 6.92 Å². The molecule has 4 heterocycles. The van der Waals surface area contributed by atoms with Gasteiger partial charge in [0, 0.05) is 32.2 Å². The molecule has 6 atom stereocenters. The van der Waals surface area contributed by atoms with Crippen LogP contribution in [0, 0.1) is 11.8 Å². The number of ether oxygens (including phenoxy) is 1. The first kappa shape index (κ1) is 25.7. The Balaban J connectivity index is 1.57. The zero-order valence-electron chi connectivity index (χ0n) is 21.9. The summed E-state index contributed by atoms with van der Waals surface area (Å²) in [7, 11) is 0. The van der Waals surface area contributed by atoms with Gasteiger partial charge in [-0.25, -0.2) is 0 Å². The second-order valence-corrected chi connectivity index (χ2v) is 10.9. The summed E-state index contributed by atoms with van der Waals surface area (Å²) in [5.41, 5.74) is -1.32. The Labute approximate surface area is 218 Å². The third kappa shape index (κ3) is 4.01. The lowest BCUT2D eigenvalue weighted by Crippen LogP contribution is -2.57. The molecule has 8 heteroatoms. The highest BCUT2D eigenvalue weighted by Gasteiger charge is 2.74. The standard InChI is InChI=1S/C29H37N3O5/c1-4-10-20(2)31-16-9-14-29-23(26(35)32(17-18-33)24(29)27(31)36)22-25(34)30(15-8-13-28(22,3)37-29)19-21-11-6-5-7-12-21/h5-9,11-14,20,22-24,33H,4,10,15-19H2,1-3H3/t20?,22-,23+,24?,28+,29+/m1/s1. The number of benzene rings is 1. The van der Waals surface area contributed by atoms with Gasteiger partial charge in [0.2, 0.25) is 17.7 Å². The largest absolute Gasteiger partial charge is 0.395 e. The molecular weight excluding hydrogens is 470 g/mol. The van der Waals surface area contributed by atoms with E-state index in [4.69, 9.17) is 4.74 Å². The number of aliphatic hydroxyl groups is 1. The molecule has 0 radical (unpaired) electrons. The molecule has 1 spiro atoms. The van der Waals surface area contributed by atoms with Gasteiger partial charge >= 0.3 is 0 Å². The highest BCUT2D eigenvalue weighted by Crippen LogP contribution is 2.57. The van der Waals surface area contributed by atoms with Crippen molar-refractivity contribution in [3.05, 3.63) is 60.2 Å². The van der Waals surface area contributed by atoms with Gasteiger partial charge in [0.05, 0.1) is 24.0 Å². The SMILES string of the molecule is CCCC(C)N1CC=C[C@]23O[C@@]4(C)C=CCN(Cc5ccccc5)C(=O)[C@H]4[C@H]2C(=O)N(CCO)C3C1=O. The minimum atomic E-state index is -1.28. The number of likely N-dealkylation sites (tertiary alicyclic amines) is 1. The van der Waals surface area contributed by atoms with Gasteiger partial charge < -0.3 is 24.5 Å². The van der Waals surface area contributed by atoms with E-state index in [1.165, 1.54) is 4.90 Å². The number of carbonyl (C=O) groups is 3. The summed E-state index contributed by atoms with van der Waals surface area (Å²) < 4.78 is 6.79. The average molecular weight is 508 g/mol. The van der Waals surface area contributed by atoms with E-state index in [0.29, 0.717) is 19.6 Å². The van der Waals surface area contributed by atoms with E-state index in [-0.39, 0.29) is 36.9 Å². The van der Waals surface area contributed by atoms with Crippen molar-refractivity contribution in [2.75, 3.05) is 26.2 Å². The van der Waals surface area contributed by atoms with Crippen LogP contribution in [0.25, 0.3) is 0 Å². The Morgan fingerprint density at radius 2 is 1.76 bits per heavy atom. The van der Waals surface area contributed by atoms with Crippen molar-refractivity contribution in [3.8, 4) is 0 Å². The van der Waals surface area contributed by atoms with E-state index in [1.807, 2.05) is 68.5 Å². The summed E-state index contributed by atoms with van der Waals surface area (Å²) in [5, 5.41) is 9.83. The molecule has 5 rings (SSSR count). The van der Waals surface area contributed by atoms with Crippen LogP contribution in [-0.2, 0) is 25.7 Å². The van der Waals surface area contributed by atoms with Gasteiger partial charge in [0.15, 0.2) is 0 Å². The highest BCUT2D eigenvalue weighted by molar-refractivity contribution is 6.00. The number of hydrogen-bond donors (Lipinski definition) is 1. The summed E-state index contributed by atoms with van der Waals surface area (Å²) in [6.07, 6.45) is 9.37. The molecule has 1 N–H and O–H groups in total. The number of rotatable bonds is 7. The lowest BCUT2D eigenvalue weighted by Gasteiger charge is -2.38. The van der Waals surface area contributed by atoms with Crippen LogP contribution >= 0.6 is 0 Å². The van der Waals surface area contributed by atoms with Crippen LogP contribution in [0.2, 0.25) is 0 Å². The zero-order chi connectivity index (χ0) is 26.4. The van der Waals surface area contributed by atoms with Gasteiger partial charge in [-0.1, -0.05) is 68.0 Å². The molecule has 3 amide bonds. The lowest BCUT2D eigenvalue weighted by molar-refractivity contribution is -0.154. The molecule has 37 heavy (non-hydrogen) atoms. The van der Waals surface area contributed by atoms with Gasteiger partial charge in [-0.2, -0.15) is 0 Å². The number of β-amino-alcohol motifs (C(OH)–C–C–N with tert-alkyl or cyclic N) is 1. The van der Waals surface area contributed by atoms with Crippen LogP contribution in [0.1, 0.15) is 39.2 Å². The van der Waals surface area contributed by atoms with Crippen LogP contribution in [0.15, 0.2) is 54.6 Å². The molecule has 1 aromatic rings. The monoisotopic (exact) mass is 507 g/mol. The smallest absolute Gasteiger partial charge is 0.249 e. The van der Waals surface area contributed by atoms with E-state index in [1.54, 1.807) is 9.80 Å². The van der Waals surface area contributed by atoms with E-state index in [0.717, 1.165) is 18.4 Å². The first-order valence-electron chi connectivity index (χ1n) is 13.4. The molecule has 0 bridgehead atoms. The summed E-state index contributed by atoms with van der Waals surface area (Å²) >= 11 is 0. The van der Waals surface area contributed by atoms with Gasteiger partial charge in [0.1, 0.15) is 11.6 Å². The number of nitrogens with zero attached hydrogens (tertiary/aromatic N) is 3. The third-order valence-electron chi connectivity index (χ3n) is 8.47. The number of amides is 3. The number of fused-ring (bicyclic) bond motifs is 2. The van der Waals surface area contributed by atoms with Crippen molar-refractivity contribution >= 4 is 17.7 Å². The van der Waals surface area contributed by atoms with Crippen LogP contribution in [0.4, 0.5) is 0 Å². The Hall–Kier alpha value is -2.97. The van der Waals surface area contributed by atoms with E-state index in [9.17, 15) is 19.5 Å². The molecule has 0 aliphatic carbocycles. The Bertz CT molecular complexity index is 1120. The molecule has 0 saturated carbocycles. The number of carbonyl (C=O) groups excluding carboxylic acids is 3. The van der Waals surface area contributed by atoms with Gasteiger partial charge in [-0.15, -0.1) is 0 Å². The Morgan fingerprint density at radius 3 is 2.46 bits per heavy atom. The molecule has 8 nitrogen and oxygen atoms in total. The number of hydrogen-bond acceptors (Lipinski definition) is 5. The van der Waals surface area contributed by atoms with Crippen molar-refractivity contribution in [1.29, 1.82) is 0 Å². The van der Waals surface area contributed by atoms with E-state index >= 15 is 0 Å². The van der Waals surface area contributed by atoms with Crippen molar-refractivity contribution in [2.24, 2.45) is 11.8 Å². The predicted octanol–water partition coefficient (Wildman–Crippen LogP) is 2.14. The van der Waals surface area contributed by atoms with Crippen LogP contribution in [0.3, 0.4) is 0 Å². The maximum atomic E-state index is 14.2. The molecule has 2 unspecified atom stereocenters. The fraction of sp³-hybridized carbons (Fsp3) is 0.552. The fourth-order valence-corrected chi connectivity index (χ4v) is 6.85. The second kappa shape index (κ2) is 9.72. The summed E-state index contributed by atoms with van der Waals surface area (Å²) in [6.45, 7) is 6.95. The number of aliphatic hydroxyl groups excluding tert-OH is 1. The molecule has 1 aromatic carbocycles. The second-order valence-electron chi connectivity index (χ2n) is 10.9. The fourth-order valence-electron chi connectivity index (χ4n) is 6.85. The van der Waals surface area contributed by atoms with Crippen molar-refractivity contribution in [1.82, 2.24) is 14.7 Å². The van der Waals surface area contributed by atoms with Gasteiger partial charge in [-0.05, 0) is 25.8 Å². The maximum absolute atomic E-state index is 14.2. The maximum Gasteiger partial charge on any atom is 0.249 e. The van der Waals surface area contributed by atoms with Gasteiger partial charge in [0.25, 0.3) is 0 Å². The zero-order valence-corrected chi connectivity index (χ0v) is 21.9. The van der Waals surface area contributed by atoms with Crippen LogP contribution in [-0.4, -0.2) is 87.1 Å². The van der Waals surface area contributed by atoms with Gasteiger partial charge in [-0.3, -0.25) is 14.4 Å². The van der Waals surface area contributed by atoms with E-state index < -0.39 is 29.1 Å². The molecule has 2 saturated heterocycles. The molecule has 4 aliphatic heterocycles. The van der Waals surface area contributed by atoms with Crippen molar-refractivity contribution in [3.63, 3.8) is 0 Å². The quantitative estimate of drug-likeness (QED) is 0.571. The molecule has 0 aromatic heterocycles. The predicted molar refractivity (Wildman–Crippen MR) is 138 cm³/mol. The highest BCUT2D eigenvalue weighted by atomic mass is 16.5. The van der Waals surface area contributed by atoms with Crippen LogP contribution < -0.4 is 0 Å². The minimum absolute atomic E-state index is 0.00668. The first-order valence-corrected chi connectivity index (χ1v) is 13.4. The molecular formula is C29H37N3O5. The Morgan fingerprint density at radius 1 is 1.03 bits per heavy atom. The summed E-state index contributed by atoms with van der Waals surface area (Å²) in [5.74, 6) is -2.29. The molecule has 2 fully saturated rings. The lowest BCUT2D eigenvalue weighted by atomic mass is 9.74. The summed E-state index contributed by atoms with van der Waals surface area (Å²) in [4.78, 5) is 47.3. The van der Waals surface area contributed by atoms with Crippen molar-refractivity contribution in [2.45, 2.75) is 63.4 Å². The molecule has 4 aliphatic rings. The average Bonchev–Trinajstić information content (AvgIpc) is 3.13. The normalized spacial score (nSPS) is 33.8. The topological polar surface area (TPSA) is 90.4 Å². The molecule has 198 valence electrons. The van der Waals surface area contributed by atoms with Crippen molar-refractivity contribution < 1.29 is 24.2 Å². The summed E-state index contributed by atoms with van der Waals surface area (Å²) in [6, 6.07) is 8.84. The Kier molecular flexibility index (Phi) is 6.75. The third-order valence-corrected chi connectivity index (χ3v) is 8.47.